The largest absolute Gasteiger partial charge is 0.406 e. The smallest absolute Gasteiger partial charge is 0.298 e. The Kier molecular flexibility index (Phi) is 2.95. The van der Waals surface area contributed by atoms with Gasteiger partial charge in [-0.05, 0) is 12.5 Å². The van der Waals surface area contributed by atoms with Crippen molar-refractivity contribution in [1.82, 2.24) is 4.90 Å². The van der Waals surface area contributed by atoms with Crippen LogP contribution in [0.1, 0.15) is 12.5 Å². The number of alkyl halides is 3. The fourth-order valence-electron chi connectivity index (χ4n) is 2.09. The summed E-state index contributed by atoms with van der Waals surface area (Å²) in [6.45, 7) is 1.36. The molecular formula is C12H12F3NO. The second kappa shape index (κ2) is 4.14. The number of rotatable bonds is 3. The Labute approximate surface area is 97.0 Å². The zero-order chi connectivity index (χ0) is 12.6. The Morgan fingerprint density at radius 3 is 2.29 bits per heavy atom. The quantitative estimate of drug-likeness (QED) is 0.760. The van der Waals surface area contributed by atoms with Gasteiger partial charge in [0.2, 0.25) is 0 Å². The van der Waals surface area contributed by atoms with E-state index in [1.807, 2.05) is 0 Å². The minimum absolute atomic E-state index is 0.162. The molecule has 2 rings (SSSR count). The van der Waals surface area contributed by atoms with Gasteiger partial charge in [0.1, 0.15) is 11.8 Å². The second-order valence-electron chi connectivity index (χ2n) is 4.20. The van der Waals surface area contributed by atoms with Crippen LogP contribution in [0.4, 0.5) is 13.2 Å². The molecule has 1 saturated heterocycles. The lowest BCUT2D eigenvalue weighted by atomic mass is 10.2. The molecule has 0 saturated carbocycles. The number of carbonyl (C=O) groups is 1. The Bertz CT molecular complexity index is 416. The highest BCUT2D eigenvalue weighted by Gasteiger charge is 2.64. The highest BCUT2D eigenvalue weighted by Crippen LogP contribution is 2.42. The summed E-state index contributed by atoms with van der Waals surface area (Å²) >= 11 is 0. The Hall–Kier alpha value is -1.36. The maximum Gasteiger partial charge on any atom is 0.406 e. The van der Waals surface area contributed by atoms with Crippen molar-refractivity contribution in [2.45, 2.75) is 31.7 Å². The van der Waals surface area contributed by atoms with Crippen molar-refractivity contribution in [2.24, 2.45) is 0 Å². The third-order valence-electron chi connectivity index (χ3n) is 2.88. The van der Waals surface area contributed by atoms with E-state index in [2.05, 4.69) is 0 Å². The first-order valence-corrected chi connectivity index (χ1v) is 5.28. The van der Waals surface area contributed by atoms with Gasteiger partial charge in [0.15, 0.2) is 0 Å². The number of benzene rings is 1. The SMILES string of the molecule is CC(=O)[C@H]1[C@H](C(F)(F)F)N1Cc1ccccc1. The second-order valence-corrected chi connectivity index (χ2v) is 4.20. The molecule has 17 heavy (non-hydrogen) atoms. The van der Waals surface area contributed by atoms with Crippen LogP contribution in [-0.2, 0) is 11.3 Å². The van der Waals surface area contributed by atoms with E-state index >= 15 is 0 Å². The van der Waals surface area contributed by atoms with Gasteiger partial charge < -0.3 is 0 Å². The van der Waals surface area contributed by atoms with Gasteiger partial charge in [0, 0.05) is 6.54 Å². The Morgan fingerprint density at radius 1 is 1.29 bits per heavy atom. The highest BCUT2D eigenvalue weighted by atomic mass is 19.4. The van der Waals surface area contributed by atoms with Crippen LogP contribution in [0, 0.1) is 0 Å². The van der Waals surface area contributed by atoms with Gasteiger partial charge in [-0.25, -0.2) is 0 Å². The average Bonchev–Trinajstić information content (AvgIpc) is 2.93. The fraction of sp³-hybridized carbons (Fsp3) is 0.417. The zero-order valence-electron chi connectivity index (χ0n) is 9.24. The van der Waals surface area contributed by atoms with Crippen molar-refractivity contribution in [1.29, 1.82) is 0 Å². The molecule has 0 aromatic heterocycles. The normalized spacial score (nSPS) is 27.9. The number of ketones is 1. The molecule has 0 spiro atoms. The lowest BCUT2D eigenvalue weighted by molar-refractivity contribution is -0.139. The number of nitrogens with zero attached hydrogens (tertiary/aromatic N) is 1. The van der Waals surface area contributed by atoms with Crippen LogP contribution in [0.25, 0.3) is 0 Å². The Morgan fingerprint density at radius 2 is 1.88 bits per heavy atom. The molecule has 0 aliphatic carbocycles. The molecule has 1 fully saturated rings. The molecule has 1 unspecified atom stereocenters. The average molecular weight is 243 g/mol. The molecular weight excluding hydrogens is 231 g/mol. The van der Waals surface area contributed by atoms with Gasteiger partial charge in [0.05, 0.1) is 6.04 Å². The summed E-state index contributed by atoms with van der Waals surface area (Å²) in [4.78, 5) is 12.3. The monoisotopic (exact) mass is 243 g/mol. The molecule has 1 aromatic rings. The first-order chi connectivity index (χ1) is 7.91. The van der Waals surface area contributed by atoms with Gasteiger partial charge in [-0.1, -0.05) is 30.3 Å². The summed E-state index contributed by atoms with van der Waals surface area (Å²) in [5.74, 6) is -0.428. The van der Waals surface area contributed by atoms with Crippen molar-refractivity contribution in [2.75, 3.05) is 0 Å². The van der Waals surface area contributed by atoms with Crippen molar-refractivity contribution in [3.05, 3.63) is 35.9 Å². The Balaban J connectivity index is 2.09. The lowest BCUT2D eigenvalue weighted by Crippen LogP contribution is -2.22. The third-order valence-corrected chi connectivity index (χ3v) is 2.88. The van der Waals surface area contributed by atoms with Crippen LogP contribution in [0.15, 0.2) is 30.3 Å². The summed E-state index contributed by atoms with van der Waals surface area (Å²) in [6, 6.07) is 6.23. The first kappa shape index (κ1) is 12.1. The zero-order valence-corrected chi connectivity index (χ0v) is 9.24. The van der Waals surface area contributed by atoms with E-state index in [0.717, 1.165) is 5.56 Å². The summed E-state index contributed by atoms with van der Waals surface area (Å²) in [7, 11) is 0. The van der Waals surface area contributed by atoms with Crippen molar-refractivity contribution < 1.29 is 18.0 Å². The molecule has 1 aliphatic rings. The molecule has 0 amide bonds. The van der Waals surface area contributed by atoms with E-state index in [9.17, 15) is 18.0 Å². The summed E-state index contributed by atoms with van der Waals surface area (Å²) < 4.78 is 37.8. The first-order valence-electron chi connectivity index (χ1n) is 5.28. The van der Waals surface area contributed by atoms with E-state index in [-0.39, 0.29) is 6.54 Å². The lowest BCUT2D eigenvalue weighted by Gasteiger charge is -2.06. The number of carbonyl (C=O) groups excluding carboxylic acids is 1. The van der Waals surface area contributed by atoms with Gasteiger partial charge in [0.25, 0.3) is 0 Å². The minimum Gasteiger partial charge on any atom is -0.298 e. The molecule has 1 aliphatic heterocycles. The van der Waals surface area contributed by atoms with Gasteiger partial charge in [-0.2, -0.15) is 13.2 Å². The number of halogens is 3. The fourth-order valence-corrected chi connectivity index (χ4v) is 2.09. The van der Waals surface area contributed by atoms with E-state index in [0.29, 0.717) is 0 Å². The van der Waals surface area contributed by atoms with Gasteiger partial charge in [-0.3, -0.25) is 9.69 Å². The molecule has 3 atom stereocenters. The van der Waals surface area contributed by atoms with E-state index in [1.54, 1.807) is 30.3 Å². The van der Waals surface area contributed by atoms with Crippen LogP contribution in [0.3, 0.4) is 0 Å². The van der Waals surface area contributed by atoms with Crippen molar-refractivity contribution in [3.8, 4) is 0 Å². The summed E-state index contributed by atoms with van der Waals surface area (Å²) in [5.41, 5.74) is 0.783. The molecule has 0 bridgehead atoms. The summed E-state index contributed by atoms with van der Waals surface area (Å²) in [6.07, 6.45) is -4.33. The molecule has 92 valence electrons. The van der Waals surface area contributed by atoms with E-state index in [1.165, 1.54) is 11.8 Å². The van der Waals surface area contributed by atoms with Crippen LogP contribution >= 0.6 is 0 Å². The molecule has 1 heterocycles. The number of Topliss-reactive ketones (excluding diaryl/α,β-unsaturated/α-hetero) is 1. The third kappa shape index (κ3) is 2.49. The molecule has 2 nitrogen and oxygen atoms in total. The van der Waals surface area contributed by atoms with Gasteiger partial charge in [-0.15, -0.1) is 0 Å². The highest BCUT2D eigenvalue weighted by molar-refractivity contribution is 5.85. The molecule has 1 aromatic carbocycles. The topological polar surface area (TPSA) is 20.1 Å². The van der Waals surface area contributed by atoms with E-state index < -0.39 is 24.0 Å². The standard InChI is InChI=1S/C12H12F3NO/c1-8(17)10-11(12(13,14)15)16(10)7-9-5-3-2-4-6-9/h2-6,10-11H,7H2,1H3/t10-,11+,16?/m0/s1. The van der Waals surface area contributed by atoms with Crippen molar-refractivity contribution >= 4 is 5.78 Å². The number of hydrogen-bond acceptors (Lipinski definition) is 2. The predicted molar refractivity (Wildman–Crippen MR) is 56.3 cm³/mol. The van der Waals surface area contributed by atoms with Crippen LogP contribution < -0.4 is 0 Å². The maximum atomic E-state index is 12.6. The van der Waals surface area contributed by atoms with Crippen LogP contribution in [-0.4, -0.2) is 28.9 Å². The molecule has 0 radical (unpaired) electrons. The minimum atomic E-state index is -4.33. The predicted octanol–water partition coefficient (Wildman–Crippen LogP) is 2.39. The van der Waals surface area contributed by atoms with Crippen LogP contribution in [0.5, 0.6) is 0 Å². The van der Waals surface area contributed by atoms with E-state index in [4.69, 9.17) is 0 Å². The maximum absolute atomic E-state index is 12.6. The number of hydrogen-bond donors (Lipinski definition) is 0. The van der Waals surface area contributed by atoms with Gasteiger partial charge >= 0.3 is 6.18 Å². The summed E-state index contributed by atoms with van der Waals surface area (Å²) in [5, 5.41) is 0. The molecule has 0 N–H and O–H groups in total. The molecule has 5 heteroatoms. The van der Waals surface area contributed by atoms with Crippen molar-refractivity contribution in [3.63, 3.8) is 0 Å². The van der Waals surface area contributed by atoms with Crippen LogP contribution in [0.2, 0.25) is 0 Å².